The highest BCUT2D eigenvalue weighted by atomic mass is 16.5. The van der Waals surface area contributed by atoms with Crippen LogP contribution in [0.3, 0.4) is 0 Å². The maximum Gasteiger partial charge on any atom is 0.234 e. The van der Waals surface area contributed by atoms with Crippen molar-refractivity contribution in [3.8, 4) is 5.75 Å². The molecule has 0 spiro atoms. The van der Waals surface area contributed by atoms with E-state index in [1.165, 1.54) is 0 Å². The second-order valence-corrected chi connectivity index (χ2v) is 6.72. The molecule has 6 nitrogen and oxygen atoms in total. The molecule has 1 unspecified atom stereocenters. The molecule has 6 heteroatoms. The third kappa shape index (κ3) is 6.30. The lowest BCUT2D eigenvalue weighted by molar-refractivity contribution is -0.123. The maximum absolute atomic E-state index is 12.0. The number of hydrogen-bond acceptors (Lipinski definition) is 5. The van der Waals surface area contributed by atoms with Gasteiger partial charge in [-0.15, -0.1) is 0 Å². The number of amides is 1. The van der Waals surface area contributed by atoms with Crippen LogP contribution in [0.4, 0.5) is 0 Å². The van der Waals surface area contributed by atoms with Crippen LogP contribution in [0.15, 0.2) is 30.3 Å². The number of benzene rings is 1. The first-order valence-corrected chi connectivity index (χ1v) is 9.30. The highest BCUT2D eigenvalue weighted by molar-refractivity contribution is 5.78. The van der Waals surface area contributed by atoms with Gasteiger partial charge in [0, 0.05) is 45.9 Å². The molecule has 1 amide bonds. The van der Waals surface area contributed by atoms with Gasteiger partial charge in [-0.3, -0.25) is 14.6 Å². The molecule has 1 aromatic rings. The zero-order valence-corrected chi connectivity index (χ0v) is 14.9. The molecule has 1 N–H and O–H groups in total. The van der Waals surface area contributed by atoms with Crippen LogP contribution in [0, 0.1) is 0 Å². The molecule has 0 radical (unpaired) electrons. The summed E-state index contributed by atoms with van der Waals surface area (Å²) in [5.74, 6) is 1.03. The highest BCUT2D eigenvalue weighted by Gasteiger charge is 2.20. The molecule has 2 aliphatic rings. The van der Waals surface area contributed by atoms with Crippen molar-refractivity contribution in [2.45, 2.75) is 18.9 Å². The Morgan fingerprint density at radius 3 is 2.64 bits per heavy atom. The Morgan fingerprint density at radius 2 is 1.92 bits per heavy atom. The Bertz CT molecular complexity index is 512. The van der Waals surface area contributed by atoms with E-state index < -0.39 is 0 Å². The number of nitrogens with zero attached hydrogens (tertiary/aromatic N) is 2. The number of para-hydroxylation sites is 1. The van der Waals surface area contributed by atoms with Gasteiger partial charge in [-0.25, -0.2) is 0 Å². The zero-order valence-electron chi connectivity index (χ0n) is 14.9. The number of piperazine rings is 1. The van der Waals surface area contributed by atoms with Crippen molar-refractivity contribution in [1.29, 1.82) is 0 Å². The van der Waals surface area contributed by atoms with Crippen LogP contribution in [0.1, 0.15) is 12.8 Å². The SMILES string of the molecule is O=C(CN1CCN(CCOc2ccccc2)CC1)NCC1CCCO1. The first-order valence-electron chi connectivity index (χ1n) is 9.30. The van der Waals surface area contributed by atoms with Crippen LogP contribution in [-0.2, 0) is 9.53 Å². The third-order valence-electron chi connectivity index (χ3n) is 4.80. The number of ether oxygens (including phenoxy) is 2. The average Bonchev–Trinajstić information content (AvgIpc) is 3.16. The van der Waals surface area contributed by atoms with E-state index in [0.717, 1.165) is 57.9 Å². The molecule has 1 atom stereocenters. The Labute approximate surface area is 150 Å². The predicted octanol–water partition coefficient (Wildman–Crippen LogP) is 0.978. The van der Waals surface area contributed by atoms with E-state index in [1.807, 2.05) is 30.3 Å². The number of rotatable bonds is 8. The van der Waals surface area contributed by atoms with Gasteiger partial charge >= 0.3 is 0 Å². The van der Waals surface area contributed by atoms with Gasteiger partial charge in [0.2, 0.25) is 5.91 Å². The molecule has 2 fully saturated rings. The van der Waals surface area contributed by atoms with Crippen molar-refractivity contribution in [3.63, 3.8) is 0 Å². The van der Waals surface area contributed by atoms with E-state index in [4.69, 9.17) is 9.47 Å². The minimum atomic E-state index is 0.108. The molecular formula is C19H29N3O3. The van der Waals surface area contributed by atoms with Gasteiger partial charge in [0.25, 0.3) is 0 Å². The van der Waals surface area contributed by atoms with Gasteiger partial charge in [0.1, 0.15) is 12.4 Å². The molecule has 2 saturated heterocycles. The summed E-state index contributed by atoms with van der Waals surface area (Å²) in [5.41, 5.74) is 0. The van der Waals surface area contributed by atoms with E-state index in [2.05, 4.69) is 15.1 Å². The lowest BCUT2D eigenvalue weighted by Crippen LogP contribution is -2.50. The van der Waals surface area contributed by atoms with Crippen LogP contribution in [0.5, 0.6) is 5.75 Å². The smallest absolute Gasteiger partial charge is 0.234 e. The molecule has 1 aromatic carbocycles. The molecule has 0 aromatic heterocycles. The maximum atomic E-state index is 12.0. The molecule has 2 aliphatic heterocycles. The fraction of sp³-hybridized carbons (Fsp3) is 0.632. The summed E-state index contributed by atoms with van der Waals surface area (Å²) in [6.07, 6.45) is 2.38. The molecule has 138 valence electrons. The summed E-state index contributed by atoms with van der Waals surface area (Å²) in [6, 6.07) is 9.92. The second-order valence-electron chi connectivity index (χ2n) is 6.72. The summed E-state index contributed by atoms with van der Waals surface area (Å²) in [7, 11) is 0. The molecule has 25 heavy (non-hydrogen) atoms. The monoisotopic (exact) mass is 347 g/mol. The third-order valence-corrected chi connectivity index (χ3v) is 4.80. The fourth-order valence-corrected chi connectivity index (χ4v) is 3.27. The summed E-state index contributed by atoms with van der Waals surface area (Å²) < 4.78 is 11.3. The van der Waals surface area contributed by atoms with Gasteiger partial charge < -0.3 is 14.8 Å². The van der Waals surface area contributed by atoms with E-state index >= 15 is 0 Å². The first-order chi connectivity index (χ1) is 12.3. The number of carbonyl (C=O) groups excluding carboxylic acids is 1. The largest absolute Gasteiger partial charge is 0.492 e. The Kier molecular flexibility index (Phi) is 7.09. The summed E-state index contributed by atoms with van der Waals surface area (Å²) in [6.45, 7) is 7.42. The topological polar surface area (TPSA) is 54.0 Å². The molecule has 2 heterocycles. The van der Waals surface area contributed by atoms with Crippen molar-refractivity contribution >= 4 is 5.91 Å². The van der Waals surface area contributed by atoms with Gasteiger partial charge in [-0.05, 0) is 25.0 Å². The normalized spacial score (nSPS) is 22.0. The van der Waals surface area contributed by atoms with Crippen molar-refractivity contribution in [2.24, 2.45) is 0 Å². The van der Waals surface area contributed by atoms with Crippen molar-refractivity contribution in [2.75, 3.05) is 59.0 Å². The average molecular weight is 347 g/mol. The number of nitrogens with one attached hydrogen (secondary N) is 1. The summed E-state index contributed by atoms with van der Waals surface area (Å²) in [4.78, 5) is 16.7. The van der Waals surface area contributed by atoms with Crippen molar-refractivity contribution in [3.05, 3.63) is 30.3 Å². The molecule has 3 rings (SSSR count). The zero-order chi connectivity index (χ0) is 17.3. The van der Waals surface area contributed by atoms with Gasteiger partial charge in [0.05, 0.1) is 12.6 Å². The Morgan fingerprint density at radius 1 is 1.16 bits per heavy atom. The van der Waals surface area contributed by atoms with Crippen LogP contribution in [-0.4, -0.2) is 80.8 Å². The highest BCUT2D eigenvalue weighted by Crippen LogP contribution is 2.11. The van der Waals surface area contributed by atoms with Gasteiger partial charge in [0.15, 0.2) is 0 Å². The van der Waals surface area contributed by atoms with Crippen LogP contribution in [0.25, 0.3) is 0 Å². The van der Waals surface area contributed by atoms with Crippen LogP contribution < -0.4 is 10.1 Å². The van der Waals surface area contributed by atoms with E-state index in [1.54, 1.807) is 0 Å². The molecule has 0 saturated carbocycles. The van der Waals surface area contributed by atoms with Crippen molar-refractivity contribution in [1.82, 2.24) is 15.1 Å². The Hall–Kier alpha value is -1.63. The lowest BCUT2D eigenvalue weighted by Gasteiger charge is -2.34. The van der Waals surface area contributed by atoms with Crippen molar-refractivity contribution < 1.29 is 14.3 Å². The lowest BCUT2D eigenvalue weighted by atomic mass is 10.2. The van der Waals surface area contributed by atoms with E-state index in [-0.39, 0.29) is 12.0 Å². The minimum Gasteiger partial charge on any atom is -0.492 e. The van der Waals surface area contributed by atoms with E-state index in [9.17, 15) is 4.79 Å². The van der Waals surface area contributed by atoms with Crippen LogP contribution in [0.2, 0.25) is 0 Å². The summed E-state index contributed by atoms with van der Waals surface area (Å²) in [5, 5.41) is 3.00. The fourth-order valence-electron chi connectivity index (χ4n) is 3.27. The van der Waals surface area contributed by atoms with Gasteiger partial charge in [-0.1, -0.05) is 18.2 Å². The quantitative estimate of drug-likeness (QED) is 0.760. The number of hydrogen-bond donors (Lipinski definition) is 1. The molecule has 0 bridgehead atoms. The second kappa shape index (κ2) is 9.75. The summed E-state index contributed by atoms with van der Waals surface area (Å²) >= 11 is 0. The molecule has 0 aliphatic carbocycles. The van der Waals surface area contributed by atoms with E-state index in [0.29, 0.717) is 19.7 Å². The standard InChI is InChI=1S/C19H29N3O3/c23-19(20-15-18-7-4-13-24-18)16-22-10-8-21(9-11-22)12-14-25-17-5-2-1-3-6-17/h1-3,5-6,18H,4,7-16H2,(H,20,23). The van der Waals surface area contributed by atoms with Crippen LogP contribution >= 0.6 is 0 Å². The Balaban J connectivity index is 1.26. The number of carbonyl (C=O) groups is 1. The first kappa shape index (κ1) is 18.2. The minimum absolute atomic E-state index is 0.108. The molecular weight excluding hydrogens is 318 g/mol. The predicted molar refractivity (Wildman–Crippen MR) is 96.8 cm³/mol. The van der Waals surface area contributed by atoms with Gasteiger partial charge in [-0.2, -0.15) is 0 Å².